The van der Waals surface area contributed by atoms with Crippen molar-refractivity contribution in [3.8, 4) is 22.8 Å². The van der Waals surface area contributed by atoms with Crippen LogP contribution in [0.1, 0.15) is 22.2 Å². The summed E-state index contributed by atoms with van der Waals surface area (Å²) >= 11 is 0. The molecule has 144 valence electrons. The molecule has 0 bridgehead atoms. The normalized spacial score (nSPS) is 15.6. The Labute approximate surface area is 163 Å². The number of hydrogen-bond acceptors (Lipinski definition) is 5. The van der Waals surface area contributed by atoms with Gasteiger partial charge in [-0.2, -0.15) is 5.10 Å². The van der Waals surface area contributed by atoms with E-state index in [2.05, 4.69) is 15.7 Å². The fraction of sp³-hybridized carbons (Fsp3) is 0.238. The number of nitrogens with zero attached hydrogens (tertiary/aromatic N) is 2. The summed E-state index contributed by atoms with van der Waals surface area (Å²) in [5.74, 6) is 1.49. The molecule has 7 nitrogen and oxygen atoms in total. The summed E-state index contributed by atoms with van der Waals surface area (Å²) in [5, 5.41) is 11.1. The second-order valence-electron chi connectivity index (χ2n) is 6.54. The number of carbonyl (C=O) groups is 1. The van der Waals surface area contributed by atoms with Crippen LogP contribution in [0.4, 0.5) is 0 Å². The van der Waals surface area contributed by atoms with Gasteiger partial charge in [-0.25, -0.2) is 4.68 Å². The van der Waals surface area contributed by atoms with Gasteiger partial charge in [0.25, 0.3) is 5.91 Å². The van der Waals surface area contributed by atoms with Crippen LogP contribution in [0.15, 0.2) is 54.6 Å². The number of hydrogen-bond donors (Lipinski definition) is 2. The van der Waals surface area contributed by atoms with Gasteiger partial charge in [-0.3, -0.25) is 10.1 Å². The highest BCUT2D eigenvalue weighted by atomic mass is 16.5. The minimum atomic E-state index is -0.123. The third-order valence-electron chi connectivity index (χ3n) is 4.81. The molecule has 0 saturated heterocycles. The highest BCUT2D eigenvalue weighted by Gasteiger charge is 2.27. The lowest BCUT2D eigenvalue weighted by Gasteiger charge is -2.25. The molecule has 1 amide bonds. The zero-order valence-corrected chi connectivity index (χ0v) is 15.8. The minimum Gasteiger partial charge on any atom is -0.497 e. The number of ether oxygens (including phenoxy) is 2. The van der Waals surface area contributed by atoms with Crippen molar-refractivity contribution in [3.05, 3.63) is 65.9 Å². The molecule has 1 aromatic heterocycles. The first kappa shape index (κ1) is 18.1. The summed E-state index contributed by atoms with van der Waals surface area (Å²) in [6, 6.07) is 17.3. The number of fused-ring (bicyclic) bond motifs is 1. The second kappa shape index (κ2) is 7.74. The molecule has 2 N–H and O–H groups in total. The van der Waals surface area contributed by atoms with Gasteiger partial charge in [0.05, 0.1) is 26.5 Å². The molecule has 28 heavy (non-hydrogen) atoms. The molecule has 3 aromatic rings. The van der Waals surface area contributed by atoms with Crippen LogP contribution in [0.3, 0.4) is 0 Å². The van der Waals surface area contributed by atoms with Crippen LogP contribution in [0.5, 0.6) is 11.5 Å². The van der Waals surface area contributed by atoms with Crippen molar-refractivity contribution in [2.24, 2.45) is 0 Å². The van der Waals surface area contributed by atoms with Crippen molar-refractivity contribution in [3.63, 3.8) is 0 Å². The van der Waals surface area contributed by atoms with Gasteiger partial charge in [-0.15, -0.1) is 0 Å². The highest BCUT2D eigenvalue weighted by molar-refractivity contribution is 5.94. The zero-order valence-electron chi connectivity index (χ0n) is 15.8. The average Bonchev–Trinajstić information content (AvgIpc) is 3.20. The van der Waals surface area contributed by atoms with E-state index in [1.807, 2.05) is 54.6 Å². The quantitative estimate of drug-likeness (QED) is 0.689. The SMILES string of the molecule is COc1ccc(CN[C@@H]2CNC(=O)c3cc(-c4ccc(OC)cc4)nn32)cc1. The van der Waals surface area contributed by atoms with Crippen LogP contribution in [0.25, 0.3) is 11.3 Å². The maximum atomic E-state index is 12.3. The third kappa shape index (κ3) is 3.57. The van der Waals surface area contributed by atoms with Crippen LogP contribution in [0.2, 0.25) is 0 Å². The van der Waals surface area contributed by atoms with Crippen LogP contribution in [0, 0.1) is 0 Å². The first-order valence-electron chi connectivity index (χ1n) is 9.06. The van der Waals surface area contributed by atoms with Crippen LogP contribution in [-0.4, -0.2) is 36.5 Å². The molecule has 0 radical (unpaired) electrons. The second-order valence-corrected chi connectivity index (χ2v) is 6.54. The van der Waals surface area contributed by atoms with Crippen molar-refractivity contribution in [1.82, 2.24) is 20.4 Å². The summed E-state index contributed by atoms with van der Waals surface area (Å²) in [5.41, 5.74) is 3.36. The highest BCUT2D eigenvalue weighted by Crippen LogP contribution is 2.25. The first-order chi connectivity index (χ1) is 13.7. The Bertz CT molecular complexity index is 964. The molecule has 7 heteroatoms. The van der Waals surface area contributed by atoms with Crippen molar-refractivity contribution in [2.45, 2.75) is 12.7 Å². The Kier molecular flexibility index (Phi) is 4.99. The smallest absolute Gasteiger partial charge is 0.269 e. The molecule has 1 aliphatic heterocycles. The maximum Gasteiger partial charge on any atom is 0.269 e. The Balaban J connectivity index is 1.54. The Morgan fingerprint density at radius 1 is 1.07 bits per heavy atom. The minimum absolute atomic E-state index is 0.116. The summed E-state index contributed by atoms with van der Waals surface area (Å²) in [6.07, 6.45) is -0.123. The van der Waals surface area contributed by atoms with E-state index in [-0.39, 0.29) is 12.1 Å². The van der Waals surface area contributed by atoms with Gasteiger partial charge in [0.15, 0.2) is 0 Å². The van der Waals surface area contributed by atoms with E-state index in [0.29, 0.717) is 18.8 Å². The Morgan fingerprint density at radius 2 is 1.71 bits per heavy atom. The number of nitrogens with one attached hydrogen (secondary N) is 2. The summed E-state index contributed by atoms with van der Waals surface area (Å²) in [7, 11) is 3.28. The van der Waals surface area contributed by atoms with Crippen LogP contribution in [-0.2, 0) is 6.54 Å². The lowest BCUT2D eigenvalue weighted by molar-refractivity contribution is 0.0900. The molecule has 0 unspecified atom stereocenters. The first-order valence-corrected chi connectivity index (χ1v) is 9.06. The molecule has 2 heterocycles. The molecule has 2 aromatic carbocycles. The number of benzene rings is 2. The molecular formula is C21H22N4O3. The number of amides is 1. The topological polar surface area (TPSA) is 77.4 Å². The summed E-state index contributed by atoms with van der Waals surface area (Å²) in [6.45, 7) is 1.13. The average molecular weight is 378 g/mol. The molecule has 1 aliphatic rings. The fourth-order valence-electron chi connectivity index (χ4n) is 3.21. The molecular weight excluding hydrogens is 356 g/mol. The summed E-state index contributed by atoms with van der Waals surface area (Å²) in [4.78, 5) is 12.3. The van der Waals surface area contributed by atoms with Gasteiger partial charge in [0.2, 0.25) is 0 Å². The van der Waals surface area contributed by atoms with Gasteiger partial charge >= 0.3 is 0 Å². The standard InChI is InChI=1S/C21H22N4O3/c1-27-16-7-3-14(4-8-16)12-22-20-13-23-21(26)19-11-18(24-25(19)20)15-5-9-17(28-2)10-6-15/h3-11,20,22H,12-13H2,1-2H3,(H,23,26)/t20-/m0/s1. The number of aromatic nitrogens is 2. The van der Waals surface area contributed by atoms with Gasteiger partial charge < -0.3 is 14.8 Å². The summed E-state index contributed by atoms with van der Waals surface area (Å²) < 4.78 is 12.2. The lowest BCUT2D eigenvalue weighted by atomic mass is 10.1. The fourth-order valence-corrected chi connectivity index (χ4v) is 3.21. The Hall–Kier alpha value is -3.32. The predicted molar refractivity (Wildman–Crippen MR) is 105 cm³/mol. The molecule has 1 atom stereocenters. The number of rotatable bonds is 6. The molecule has 0 aliphatic carbocycles. The molecule has 0 spiro atoms. The van der Waals surface area contributed by atoms with Gasteiger partial charge in [-0.1, -0.05) is 12.1 Å². The van der Waals surface area contributed by atoms with E-state index in [4.69, 9.17) is 9.47 Å². The van der Waals surface area contributed by atoms with E-state index < -0.39 is 0 Å². The third-order valence-corrected chi connectivity index (χ3v) is 4.81. The van der Waals surface area contributed by atoms with E-state index in [1.54, 1.807) is 18.9 Å². The van der Waals surface area contributed by atoms with E-state index in [1.165, 1.54) is 0 Å². The van der Waals surface area contributed by atoms with Crippen molar-refractivity contribution in [2.75, 3.05) is 20.8 Å². The van der Waals surface area contributed by atoms with Crippen LogP contribution >= 0.6 is 0 Å². The monoisotopic (exact) mass is 378 g/mol. The van der Waals surface area contributed by atoms with E-state index in [0.717, 1.165) is 28.3 Å². The van der Waals surface area contributed by atoms with Gasteiger partial charge in [-0.05, 0) is 48.0 Å². The molecule has 0 fully saturated rings. The van der Waals surface area contributed by atoms with Gasteiger partial charge in [0.1, 0.15) is 23.4 Å². The number of methoxy groups -OCH3 is 2. The predicted octanol–water partition coefficient (Wildman–Crippen LogP) is 2.60. The van der Waals surface area contributed by atoms with E-state index >= 15 is 0 Å². The van der Waals surface area contributed by atoms with Crippen molar-refractivity contribution in [1.29, 1.82) is 0 Å². The van der Waals surface area contributed by atoms with Crippen LogP contribution < -0.4 is 20.1 Å². The van der Waals surface area contributed by atoms with Crippen molar-refractivity contribution < 1.29 is 14.3 Å². The van der Waals surface area contributed by atoms with Crippen molar-refractivity contribution >= 4 is 5.91 Å². The Morgan fingerprint density at radius 3 is 2.36 bits per heavy atom. The van der Waals surface area contributed by atoms with E-state index in [9.17, 15) is 4.79 Å². The largest absolute Gasteiger partial charge is 0.497 e. The maximum absolute atomic E-state index is 12.3. The van der Waals surface area contributed by atoms with Gasteiger partial charge in [0, 0.05) is 12.1 Å². The molecule has 0 saturated carbocycles. The zero-order chi connectivity index (χ0) is 19.5. The lowest BCUT2D eigenvalue weighted by Crippen LogP contribution is -2.45. The number of carbonyl (C=O) groups excluding carboxylic acids is 1. The molecule has 4 rings (SSSR count).